The molecule has 0 saturated heterocycles. The molecule has 0 aliphatic heterocycles. The van der Waals surface area contributed by atoms with Crippen LogP contribution in [0.4, 0.5) is 0 Å². The van der Waals surface area contributed by atoms with Crippen molar-refractivity contribution in [2.45, 2.75) is 40.0 Å². The lowest BCUT2D eigenvalue weighted by Gasteiger charge is -2.10. The molecule has 0 spiro atoms. The average molecular weight is 222 g/mol. The molecule has 0 aliphatic carbocycles. The lowest BCUT2D eigenvalue weighted by molar-refractivity contribution is 0.473. The minimum atomic E-state index is 0.102. The molecule has 0 amide bonds. The van der Waals surface area contributed by atoms with Gasteiger partial charge in [0.25, 0.3) is 0 Å². The predicted octanol–water partition coefficient (Wildman–Crippen LogP) is 3.43. The first kappa shape index (κ1) is 12.2. The molecule has 1 atom stereocenters. The van der Waals surface area contributed by atoms with Crippen LogP contribution in [0.2, 0.25) is 0 Å². The summed E-state index contributed by atoms with van der Waals surface area (Å²) in [4.78, 5) is 4.54. The maximum absolute atomic E-state index is 8.99. The molecule has 0 aromatic carbocycles. The van der Waals surface area contributed by atoms with Crippen molar-refractivity contribution >= 4 is 11.3 Å². The first-order valence-electron chi connectivity index (χ1n) is 5.50. The number of aromatic nitrogens is 1. The summed E-state index contributed by atoms with van der Waals surface area (Å²) in [5, 5.41) is 12.2. The summed E-state index contributed by atoms with van der Waals surface area (Å²) in [5.74, 6) is 0.513. The minimum Gasteiger partial charge on any atom is -0.246 e. The SMILES string of the molecule is CCCc1csc(CC(C#N)C(C)C)n1. The Balaban J connectivity index is 2.60. The summed E-state index contributed by atoms with van der Waals surface area (Å²) in [6.45, 7) is 6.34. The van der Waals surface area contributed by atoms with Crippen LogP contribution in [0.25, 0.3) is 0 Å². The van der Waals surface area contributed by atoms with Crippen LogP contribution in [0, 0.1) is 23.2 Å². The van der Waals surface area contributed by atoms with E-state index >= 15 is 0 Å². The molecule has 0 aliphatic rings. The van der Waals surface area contributed by atoms with Gasteiger partial charge in [0.05, 0.1) is 22.7 Å². The standard InChI is InChI=1S/C12H18N2S/c1-4-5-11-8-15-12(14-11)6-10(7-13)9(2)3/h8-10H,4-6H2,1-3H3. The Labute approximate surface area is 96.0 Å². The van der Waals surface area contributed by atoms with Gasteiger partial charge in [0.15, 0.2) is 0 Å². The molecule has 15 heavy (non-hydrogen) atoms. The summed E-state index contributed by atoms with van der Waals surface area (Å²) >= 11 is 1.69. The van der Waals surface area contributed by atoms with Gasteiger partial charge in [-0.1, -0.05) is 27.2 Å². The molecule has 82 valence electrons. The third kappa shape index (κ3) is 3.64. The molecule has 0 bridgehead atoms. The van der Waals surface area contributed by atoms with E-state index < -0.39 is 0 Å². The molecular formula is C12H18N2S. The molecule has 1 unspecified atom stereocenters. The Morgan fingerprint density at radius 3 is 2.80 bits per heavy atom. The molecule has 0 N–H and O–H groups in total. The third-order valence-corrected chi connectivity index (χ3v) is 3.39. The smallest absolute Gasteiger partial charge is 0.0941 e. The summed E-state index contributed by atoms with van der Waals surface area (Å²) < 4.78 is 0. The van der Waals surface area contributed by atoms with Gasteiger partial charge < -0.3 is 0 Å². The largest absolute Gasteiger partial charge is 0.246 e. The first-order chi connectivity index (χ1) is 7.17. The van der Waals surface area contributed by atoms with Crippen LogP contribution in [-0.2, 0) is 12.8 Å². The highest BCUT2D eigenvalue weighted by atomic mass is 32.1. The van der Waals surface area contributed by atoms with Crippen LogP contribution >= 0.6 is 11.3 Å². The van der Waals surface area contributed by atoms with Crippen molar-refractivity contribution in [3.05, 3.63) is 16.1 Å². The normalized spacial score (nSPS) is 12.7. The highest BCUT2D eigenvalue weighted by molar-refractivity contribution is 7.09. The minimum absolute atomic E-state index is 0.102. The summed E-state index contributed by atoms with van der Waals surface area (Å²) in [7, 11) is 0. The van der Waals surface area contributed by atoms with E-state index in [0.29, 0.717) is 5.92 Å². The van der Waals surface area contributed by atoms with E-state index in [0.717, 1.165) is 24.3 Å². The Bertz CT molecular complexity index is 336. The summed E-state index contributed by atoms with van der Waals surface area (Å²) in [6.07, 6.45) is 2.99. The van der Waals surface area contributed by atoms with Crippen LogP contribution in [0.15, 0.2) is 5.38 Å². The van der Waals surface area contributed by atoms with Gasteiger partial charge in [-0.3, -0.25) is 0 Å². The topological polar surface area (TPSA) is 36.7 Å². The number of rotatable bonds is 5. The van der Waals surface area contributed by atoms with Gasteiger partial charge in [-0.15, -0.1) is 11.3 Å². The zero-order chi connectivity index (χ0) is 11.3. The van der Waals surface area contributed by atoms with Crippen LogP contribution in [-0.4, -0.2) is 4.98 Å². The Kier molecular flexibility index (Phi) is 4.77. The van der Waals surface area contributed by atoms with Gasteiger partial charge in [0, 0.05) is 11.8 Å². The molecule has 1 aromatic heterocycles. The van der Waals surface area contributed by atoms with E-state index in [1.165, 1.54) is 5.69 Å². The van der Waals surface area contributed by atoms with Crippen molar-refractivity contribution in [3.63, 3.8) is 0 Å². The van der Waals surface area contributed by atoms with Crippen LogP contribution in [0.3, 0.4) is 0 Å². The lowest BCUT2D eigenvalue weighted by atomic mass is 9.94. The maximum atomic E-state index is 8.99. The number of nitrogens with zero attached hydrogens (tertiary/aromatic N) is 2. The van der Waals surface area contributed by atoms with E-state index in [9.17, 15) is 0 Å². The van der Waals surface area contributed by atoms with Crippen molar-refractivity contribution < 1.29 is 0 Å². The molecule has 3 heteroatoms. The van der Waals surface area contributed by atoms with Gasteiger partial charge in [-0.2, -0.15) is 5.26 Å². The summed E-state index contributed by atoms with van der Waals surface area (Å²) in [6, 6.07) is 2.36. The highest BCUT2D eigenvalue weighted by Gasteiger charge is 2.15. The molecule has 1 rings (SSSR count). The fraction of sp³-hybridized carbons (Fsp3) is 0.667. The third-order valence-electron chi connectivity index (χ3n) is 2.47. The van der Waals surface area contributed by atoms with Crippen molar-refractivity contribution in [2.75, 3.05) is 0 Å². The van der Waals surface area contributed by atoms with Gasteiger partial charge >= 0.3 is 0 Å². The van der Waals surface area contributed by atoms with Crippen molar-refractivity contribution in [1.82, 2.24) is 4.98 Å². The Hall–Kier alpha value is -0.880. The predicted molar refractivity (Wildman–Crippen MR) is 63.8 cm³/mol. The Morgan fingerprint density at radius 2 is 2.27 bits per heavy atom. The second-order valence-corrected chi connectivity index (χ2v) is 5.11. The van der Waals surface area contributed by atoms with Crippen molar-refractivity contribution in [1.29, 1.82) is 5.26 Å². The lowest BCUT2D eigenvalue weighted by Crippen LogP contribution is -2.09. The molecule has 0 radical (unpaired) electrons. The summed E-state index contributed by atoms with van der Waals surface area (Å²) in [5.41, 5.74) is 1.18. The number of aryl methyl sites for hydroxylation is 1. The second kappa shape index (κ2) is 5.87. The Morgan fingerprint density at radius 1 is 1.53 bits per heavy atom. The van der Waals surface area contributed by atoms with E-state index in [1.807, 2.05) is 0 Å². The number of hydrogen-bond donors (Lipinski definition) is 0. The average Bonchev–Trinajstić information content (AvgIpc) is 2.62. The van der Waals surface area contributed by atoms with Gasteiger partial charge in [-0.05, 0) is 12.3 Å². The highest BCUT2D eigenvalue weighted by Crippen LogP contribution is 2.19. The van der Waals surface area contributed by atoms with E-state index in [4.69, 9.17) is 5.26 Å². The monoisotopic (exact) mass is 222 g/mol. The molecule has 0 fully saturated rings. The van der Waals surface area contributed by atoms with Crippen molar-refractivity contribution in [2.24, 2.45) is 11.8 Å². The molecule has 1 heterocycles. The van der Waals surface area contributed by atoms with Gasteiger partial charge in [-0.25, -0.2) is 4.98 Å². The van der Waals surface area contributed by atoms with Crippen LogP contribution in [0.5, 0.6) is 0 Å². The zero-order valence-corrected chi connectivity index (χ0v) is 10.5. The molecule has 2 nitrogen and oxygen atoms in total. The molecule has 1 aromatic rings. The molecule has 0 saturated carbocycles. The number of nitriles is 1. The van der Waals surface area contributed by atoms with Crippen molar-refractivity contribution in [3.8, 4) is 6.07 Å². The van der Waals surface area contributed by atoms with E-state index in [-0.39, 0.29) is 5.92 Å². The van der Waals surface area contributed by atoms with Gasteiger partial charge in [0.2, 0.25) is 0 Å². The quantitative estimate of drug-likeness (QED) is 0.765. The van der Waals surface area contributed by atoms with E-state index in [2.05, 4.69) is 37.2 Å². The van der Waals surface area contributed by atoms with E-state index in [1.54, 1.807) is 11.3 Å². The van der Waals surface area contributed by atoms with Crippen LogP contribution < -0.4 is 0 Å². The fourth-order valence-corrected chi connectivity index (χ4v) is 2.32. The zero-order valence-electron chi connectivity index (χ0n) is 9.66. The number of hydrogen-bond acceptors (Lipinski definition) is 3. The fourth-order valence-electron chi connectivity index (χ4n) is 1.43. The van der Waals surface area contributed by atoms with Crippen LogP contribution in [0.1, 0.15) is 37.9 Å². The second-order valence-electron chi connectivity index (χ2n) is 4.17. The maximum Gasteiger partial charge on any atom is 0.0941 e. The number of thiazole rings is 1. The van der Waals surface area contributed by atoms with Gasteiger partial charge in [0.1, 0.15) is 0 Å². The molecular weight excluding hydrogens is 204 g/mol. The first-order valence-corrected chi connectivity index (χ1v) is 6.38.